The number of likely N-dealkylation sites (tertiary alicyclic amines) is 1. The van der Waals surface area contributed by atoms with Gasteiger partial charge < -0.3 is 4.90 Å². The van der Waals surface area contributed by atoms with Crippen LogP contribution in [0.5, 0.6) is 0 Å². The van der Waals surface area contributed by atoms with Gasteiger partial charge in [0.15, 0.2) is 5.65 Å². The van der Waals surface area contributed by atoms with Gasteiger partial charge in [0.25, 0.3) is 0 Å². The van der Waals surface area contributed by atoms with Crippen molar-refractivity contribution in [2.24, 2.45) is 5.92 Å². The van der Waals surface area contributed by atoms with Gasteiger partial charge in [0.05, 0.1) is 11.4 Å². The topological polar surface area (TPSA) is 76.3 Å². The third-order valence-electron chi connectivity index (χ3n) is 5.85. The molecule has 4 aromatic rings. The van der Waals surface area contributed by atoms with E-state index >= 15 is 0 Å². The highest BCUT2D eigenvalue weighted by atomic mass is 32.2. The zero-order valence-corrected chi connectivity index (χ0v) is 18.5. The first-order valence-electron chi connectivity index (χ1n) is 10.8. The second-order valence-corrected chi connectivity index (χ2v) is 8.96. The highest BCUT2D eigenvalue weighted by Gasteiger charge is 2.23. The molecule has 5 rings (SSSR count). The van der Waals surface area contributed by atoms with E-state index in [0.29, 0.717) is 22.5 Å². The molecule has 1 aromatic carbocycles. The molecule has 0 aliphatic carbocycles. The van der Waals surface area contributed by atoms with Gasteiger partial charge in [-0.25, -0.2) is 0 Å². The van der Waals surface area contributed by atoms with Gasteiger partial charge in [0.2, 0.25) is 11.1 Å². The van der Waals surface area contributed by atoms with Crippen molar-refractivity contribution in [2.45, 2.75) is 24.4 Å². The van der Waals surface area contributed by atoms with Crippen molar-refractivity contribution in [1.29, 1.82) is 0 Å². The Bertz CT molecular complexity index is 1190. The number of nitrogens with zero attached hydrogens (tertiary/aromatic N) is 6. The molecule has 1 fully saturated rings. The molecule has 0 spiro atoms. The van der Waals surface area contributed by atoms with Crippen molar-refractivity contribution < 1.29 is 4.79 Å². The molecule has 32 heavy (non-hydrogen) atoms. The Morgan fingerprint density at radius 3 is 2.62 bits per heavy atom. The van der Waals surface area contributed by atoms with Crippen molar-refractivity contribution in [2.75, 3.05) is 18.8 Å². The van der Waals surface area contributed by atoms with Crippen LogP contribution in [0, 0.1) is 5.92 Å². The van der Waals surface area contributed by atoms with Crippen molar-refractivity contribution in [3.63, 3.8) is 0 Å². The van der Waals surface area contributed by atoms with E-state index in [1.54, 1.807) is 16.9 Å². The van der Waals surface area contributed by atoms with Gasteiger partial charge in [-0.3, -0.25) is 9.78 Å². The molecule has 1 aliphatic heterocycles. The normalized spacial score (nSPS) is 14.7. The van der Waals surface area contributed by atoms with Crippen LogP contribution in [0.15, 0.2) is 72.1 Å². The minimum absolute atomic E-state index is 0.147. The van der Waals surface area contributed by atoms with Gasteiger partial charge in [0.1, 0.15) is 0 Å². The van der Waals surface area contributed by atoms with Gasteiger partial charge in [-0.15, -0.1) is 10.2 Å². The number of fused-ring (bicyclic) bond motifs is 1. The van der Waals surface area contributed by atoms with Gasteiger partial charge in [-0.2, -0.15) is 9.61 Å². The fraction of sp³-hybridized carbons (Fsp3) is 0.292. The summed E-state index contributed by atoms with van der Waals surface area (Å²) in [5.74, 6) is 1.13. The Labute approximate surface area is 190 Å². The molecule has 1 saturated heterocycles. The Hall–Kier alpha value is -3.26. The number of pyridine rings is 1. The van der Waals surface area contributed by atoms with Crippen molar-refractivity contribution in [1.82, 2.24) is 29.7 Å². The summed E-state index contributed by atoms with van der Waals surface area (Å²) in [6.07, 6.45) is 6.70. The minimum Gasteiger partial charge on any atom is -0.342 e. The van der Waals surface area contributed by atoms with Gasteiger partial charge >= 0.3 is 0 Å². The molecule has 4 heterocycles. The third-order valence-corrected chi connectivity index (χ3v) is 6.75. The minimum atomic E-state index is 0.147. The lowest BCUT2D eigenvalue weighted by Gasteiger charge is -2.32. The molecule has 0 N–H and O–H groups in total. The lowest BCUT2D eigenvalue weighted by Crippen LogP contribution is -2.39. The maximum Gasteiger partial charge on any atom is 0.233 e. The van der Waals surface area contributed by atoms with Gasteiger partial charge in [0, 0.05) is 31.0 Å². The molecule has 1 aliphatic rings. The predicted octanol–water partition coefficient (Wildman–Crippen LogP) is 3.76. The second kappa shape index (κ2) is 9.48. The highest BCUT2D eigenvalue weighted by molar-refractivity contribution is 7.99. The van der Waals surface area contributed by atoms with E-state index in [4.69, 9.17) is 0 Å². The monoisotopic (exact) mass is 444 g/mol. The average molecular weight is 445 g/mol. The van der Waals surface area contributed by atoms with Gasteiger partial charge in [-0.1, -0.05) is 42.1 Å². The summed E-state index contributed by atoms with van der Waals surface area (Å²) in [6.45, 7) is 1.64. The lowest BCUT2D eigenvalue weighted by molar-refractivity contribution is -0.129. The van der Waals surface area contributed by atoms with Crippen molar-refractivity contribution >= 4 is 23.3 Å². The maximum atomic E-state index is 12.8. The van der Waals surface area contributed by atoms with E-state index in [9.17, 15) is 4.79 Å². The molecule has 0 atom stereocenters. The Balaban J connectivity index is 1.18. The molecular weight excluding hydrogens is 420 g/mol. The molecule has 162 valence electrons. The van der Waals surface area contributed by atoms with E-state index in [1.165, 1.54) is 17.3 Å². The van der Waals surface area contributed by atoms with Crippen molar-refractivity contribution in [3.8, 4) is 11.3 Å². The first-order chi connectivity index (χ1) is 15.8. The number of thioether (sulfide) groups is 1. The number of piperidine rings is 1. The first kappa shape index (κ1) is 20.6. The van der Waals surface area contributed by atoms with E-state index in [0.717, 1.165) is 43.6 Å². The quantitative estimate of drug-likeness (QED) is 0.422. The number of hydrogen-bond donors (Lipinski definition) is 0. The van der Waals surface area contributed by atoms with Crippen LogP contribution in [0.4, 0.5) is 0 Å². The number of benzene rings is 1. The molecule has 0 saturated carbocycles. The molecule has 7 nitrogen and oxygen atoms in total. The van der Waals surface area contributed by atoms with Crippen molar-refractivity contribution in [3.05, 3.63) is 72.6 Å². The number of amides is 1. The summed E-state index contributed by atoms with van der Waals surface area (Å²) in [5.41, 5.74) is 3.76. The van der Waals surface area contributed by atoms with Crippen LogP contribution < -0.4 is 0 Å². The van der Waals surface area contributed by atoms with Crippen LogP contribution in [-0.2, 0) is 11.2 Å². The standard InChI is InChI=1S/C24H24N6OS/c31-23(29-13-10-19(11-14-29)15-18-5-2-1-3-6-18)17-32-24-27-26-22-9-8-21(28-30(22)24)20-7-4-12-25-16-20/h1-9,12,16,19H,10-11,13-15,17H2. The molecule has 0 bridgehead atoms. The fourth-order valence-corrected chi connectivity index (χ4v) is 4.87. The zero-order chi connectivity index (χ0) is 21.8. The van der Waals surface area contributed by atoms with E-state index in [2.05, 4.69) is 50.6 Å². The maximum absolute atomic E-state index is 12.8. The van der Waals surface area contributed by atoms with E-state index in [-0.39, 0.29) is 5.91 Å². The number of aromatic nitrogens is 5. The molecule has 0 radical (unpaired) electrons. The summed E-state index contributed by atoms with van der Waals surface area (Å²) in [7, 11) is 0. The molecule has 8 heteroatoms. The molecule has 3 aromatic heterocycles. The number of hydrogen-bond acceptors (Lipinski definition) is 6. The highest BCUT2D eigenvalue weighted by Crippen LogP contribution is 2.24. The average Bonchev–Trinajstić information content (AvgIpc) is 3.26. The molecule has 1 amide bonds. The summed E-state index contributed by atoms with van der Waals surface area (Å²) in [4.78, 5) is 18.9. The fourth-order valence-electron chi connectivity index (χ4n) is 4.08. The number of carbonyl (C=O) groups is 1. The van der Waals surface area contributed by atoms with Crippen LogP contribution in [0.3, 0.4) is 0 Å². The van der Waals surface area contributed by atoms with E-state index in [1.807, 2.05) is 29.2 Å². The Morgan fingerprint density at radius 1 is 1.00 bits per heavy atom. The summed E-state index contributed by atoms with van der Waals surface area (Å²) in [5, 5.41) is 13.7. The number of carbonyl (C=O) groups excluding carboxylic acids is 1. The third kappa shape index (κ3) is 4.65. The van der Waals surface area contributed by atoms with Gasteiger partial charge in [-0.05, 0) is 55.0 Å². The molecule has 0 unspecified atom stereocenters. The second-order valence-electron chi connectivity index (χ2n) is 8.02. The van der Waals surface area contributed by atoms with Crippen LogP contribution in [0.2, 0.25) is 0 Å². The van der Waals surface area contributed by atoms with Crippen LogP contribution in [0.1, 0.15) is 18.4 Å². The van der Waals surface area contributed by atoms with Crippen LogP contribution in [-0.4, -0.2) is 54.4 Å². The smallest absolute Gasteiger partial charge is 0.233 e. The Kier molecular flexibility index (Phi) is 6.11. The molecular formula is C24H24N6OS. The summed E-state index contributed by atoms with van der Waals surface area (Å²) < 4.78 is 1.70. The summed E-state index contributed by atoms with van der Waals surface area (Å²) >= 11 is 1.39. The van der Waals surface area contributed by atoms with E-state index < -0.39 is 0 Å². The number of rotatable bonds is 6. The zero-order valence-electron chi connectivity index (χ0n) is 17.7. The SMILES string of the molecule is O=C(CSc1nnc2ccc(-c3cccnc3)nn12)N1CCC(Cc2ccccc2)CC1. The lowest BCUT2D eigenvalue weighted by atomic mass is 9.90. The van der Waals surface area contributed by atoms with Crippen LogP contribution >= 0.6 is 11.8 Å². The predicted molar refractivity (Wildman–Crippen MR) is 124 cm³/mol. The first-order valence-corrected chi connectivity index (χ1v) is 11.8. The summed E-state index contributed by atoms with van der Waals surface area (Å²) in [6, 6.07) is 18.2. The van der Waals surface area contributed by atoms with Crippen LogP contribution in [0.25, 0.3) is 16.9 Å². The Morgan fingerprint density at radius 2 is 1.84 bits per heavy atom. The largest absolute Gasteiger partial charge is 0.342 e.